The van der Waals surface area contributed by atoms with Gasteiger partial charge in [-0.1, -0.05) is 25.5 Å². The van der Waals surface area contributed by atoms with Crippen molar-refractivity contribution in [2.75, 3.05) is 12.3 Å². The molecule has 1 aliphatic carbocycles. The van der Waals surface area contributed by atoms with E-state index >= 15 is 0 Å². The zero-order valence-electron chi connectivity index (χ0n) is 14.8. The Morgan fingerprint density at radius 3 is 2.64 bits per heavy atom. The van der Waals surface area contributed by atoms with E-state index in [1.807, 2.05) is 12.1 Å². The molecule has 2 aromatic rings. The Bertz CT molecular complexity index is 755. The smallest absolute Gasteiger partial charge is 0.354 e. The average Bonchev–Trinajstić information content (AvgIpc) is 2.60. The lowest BCUT2D eigenvalue weighted by Crippen LogP contribution is -2.42. The van der Waals surface area contributed by atoms with Crippen LogP contribution in [-0.2, 0) is 6.54 Å². The number of anilines is 1. The van der Waals surface area contributed by atoms with Crippen molar-refractivity contribution in [1.82, 2.24) is 14.5 Å². The molecule has 4 N–H and O–H groups in total. The fourth-order valence-corrected chi connectivity index (χ4v) is 3.64. The first-order valence-electron chi connectivity index (χ1n) is 9.01. The highest BCUT2D eigenvalue weighted by atomic mass is 16.1. The first-order chi connectivity index (χ1) is 12.1. The van der Waals surface area contributed by atoms with Crippen LogP contribution in [0.1, 0.15) is 38.2 Å². The van der Waals surface area contributed by atoms with Crippen LogP contribution in [0.5, 0.6) is 0 Å². The second-order valence-electron chi connectivity index (χ2n) is 6.82. The van der Waals surface area contributed by atoms with E-state index in [0.29, 0.717) is 12.1 Å². The normalized spacial score (nSPS) is 20.8. The van der Waals surface area contributed by atoms with Crippen LogP contribution in [0.2, 0.25) is 0 Å². The number of nitrogens with two attached hydrogens (primary N) is 2. The van der Waals surface area contributed by atoms with E-state index in [0.717, 1.165) is 31.6 Å². The molecule has 1 aromatic carbocycles. The maximum absolute atomic E-state index is 11.9. The summed E-state index contributed by atoms with van der Waals surface area (Å²) in [5, 5.41) is 0. The molecule has 1 aliphatic rings. The molecule has 134 valence electrons. The minimum absolute atomic E-state index is 0.238. The van der Waals surface area contributed by atoms with Crippen LogP contribution in [0.4, 0.5) is 5.82 Å². The molecule has 0 aliphatic heterocycles. The standard InChI is InChI=1S/C19H27N5O/c1-2-23(17-5-3-4-15(20)12-17)13-14-6-8-16(9-7-14)24-11-10-18(21)22-19(24)25/h6-11,15,17H,2-5,12-13,20H2,1H3,(H2,21,22,25)/t15-,17+/m1/s1. The van der Waals surface area contributed by atoms with Gasteiger partial charge in [-0.25, -0.2) is 4.79 Å². The third kappa shape index (κ3) is 4.27. The van der Waals surface area contributed by atoms with Crippen molar-refractivity contribution in [3.05, 3.63) is 52.6 Å². The quantitative estimate of drug-likeness (QED) is 0.867. The highest BCUT2D eigenvalue weighted by Crippen LogP contribution is 2.23. The third-order valence-electron chi connectivity index (χ3n) is 5.04. The van der Waals surface area contributed by atoms with Gasteiger partial charge in [0.05, 0.1) is 5.69 Å². The Kier molecular flexibility index (Phi) is 5.50. The fraction of sp³-hybridized carbons (Fsp3) is 0.474. The Morgan fingerprint density at radius 2 is 2.00 bits per heavy atom. The van der Waals surface area contributed by atoms with E-state index in [2.05, 4.69) is 28.9 Å². The molecular weight excluding hydrogens is 314 g/mol. The van der Waals surface area contributed by atoms with Gasteiger partial charge in [0.15, 0.2) is 0 Å². The van der Waals surface area contributed by atoms with Gasteiger partial charge in [0, 0.05) is 24.8 Å². The Morgan fingerprint density at radius 1 is 1.24 bits per heavy atom. The Hall–Kier alpha value is -2.18. The van der Waals surface area contributed by atoms with Crippen molar-refractivity contribution in [3.63, 3.8) is 0 Å². The van der Waals surface area contributed by atoms with E-state index in [1.54, 1.807) is 12.3 Å². The molecule has 0 saturated heterocycles. The average molecular weight is 341 g/mol. The van der Waals surface area contributed by atoms with Gasteiger partial charge in [-0.05, 0) is 49.6 Å². The highest BCUT2D eigenvalue weighted by Gasteiger charge is 2.24. The van der Waals surface area contributed by atoms with Gasteiger partial charge in [-0.3, -0.25) is 9.47 Å². The summed E-state index contributed by atoms with van der Waals surface area (Å²) in [4.78, 5) is 18.2. The second-order valence-corrected chi connectivity index (χ2v) is 6.82. The van der Waals surface area contributed by atoms with Crippen molar-refractivity contribution in [1.29, 1.82) is 0 Å². The van der Waals surface area contributed by atoms with Crippen molar-refractivity contribution in [3.8, 4) is 5.69 Å². The van der Waals surface area contributed by atoms with Gasteiger partial charge in [0.1, 0.15) is 5.82 Å². The summed E-state index contributed by atoms with van der Waals surface area (Å²) >= 11 is 0. The Balaban J connectivity index is 1.72. The Labute approximate surface area is 148 Å². The van der Waals surface area contributed by atoms with E-state index in [-0.39, 0.29) is 11.5 Å². The van der Waals surface area contributed by atoms with Gasteiger partial charge in [0.25, 0.3) is 0 Å². The van der Waals surface area contributed by atoms with Crippen LogP contribution < -0.4 is 17.2 Å². The van der Waals surface area contributed by atoms with E-state index in [1.165, 1.54) is 23.0 Å². The summed E-state index contributed by atoms with van der Waals surface area (Å²) in [6.07, 6.45) is 6.33. The topological polar surface area (TPSA) is 90.2 Å². The van der Waals surface area contributed by atoms with Crippen molar-refractivity contribution in [2.24, 2.45) is 5.73 Å². The molecule has 0 bridgehead atoms. The first-order valence-corrected chi connectivity index (χ1v) is 9.01. The fourth-order valence-electron chi connectivity index (χ4n) is 3.64. The molecule has 6 heteroatoms. The lowest BCUT2D eigenvalue weighted by atomic mass is 9.90. The summed E-state index contributed by atoms with van der Waals surface area (Å²) in [6.45, 7) is 4.12. The van der Waals surface area contributed by atoms with Crippen LogP contribution in [0.3, 0.4) is 0 Å². The largest absolute Gasteiger partial charge is 0.383 e. The molecule has 1 heterocycles. The highest BCUT2D eigenvalue weighted by molar-refractivity contribution is 5.36. The van der Waals surface area contributed by atoms with Crippen LogP contribution in [0, 0.1) is 0 Å². The predicted molar refractivity (Wildman–Crippen MR) is 101 cm³/mol. The summed E-state index contributed by atoms with van der Waals surface area (Å²) in [5.74, 6) is 0.238. The van der Waals surface area contributed by atoms with Gasteiger partial charge < -0.3 is 11.5 Å². The maximum Gasteiger partial charge on any atom is 0.354 e. The molecule has 0 amide bonds. The van der Waals surface area contributed by atoms with Crippen molar-refractivity contribution >= 4 is 5.82 Å². The van der Waals surface area contributed by atoms with Crippen LogP contribution in [0.25, 0.3) is 5.69 Å². The minimum Gasteiger partial charge on any atom is -0.383 e. The zero-order chi connectivity index (χ0) is 17.8. The molecule has 1 aromatic heterocycles. The minimum atomic E-state index is -0.362. The molecule has 2 atom stereocenters. The van der Waals surface area contributed by atoms with Gasteiger partial charge in [-0.15, -0.1) is 0 Å². The maximum atomic E-state index is 11.9. The summed E-state index contributed by atoms with van der Waals surface area (Å²) in [5.41, 5.74) is 13.4. The first kappa shape index (κ1) is 17.6. The molecule has 6 nitrogen and oxygen atoms in total. The van der Waals surface area contributed by atoms with Gasteiger partial charge >= 0.3 is 5.69 Å². The van der Waals surface area contributed by atoms with Crippen LogP contribution in [0.15, 0.2) is 41.3 Å². The lowest BCUT2D eigenvalue weighted by Gasteiger charge is -2.36. The predicted octanol–water partition coefficient (Wildman–Crippen LogP) is 1.91. The number of hydrogen-bond acceptors (Lipinski definition) is 5. The van der Waals surface area contributed by atoms with Crippen LogP contribution >= 0.6 is 0 Å². The monoisotopic (exact) mass is 341 g/mol. The van der Waals surface area contributed by atoms with Crippen molar-refractivity contribution < 1.29 is 0 Å². The van der Waals surface area contributed by atoms with Gasteiger partial charge in [-0.2, -0.15) is 4.98 Å². The summed E-state index contributed by atoms with van der Waals surface area (Å²) in [7, 11) is 0. The third-order valence-corrected chi connectivity index (χ3v) is 5.04. The van der Waals surface area contributed by atoms with Gasteiger partial charge in [0.2, 0.25) is 0 Å². The van der Waals surface area contributed by atoms with E-state index in [4.69, 9.17) is 11.5 Å². The number of aromatic nitrogens is 2. The number of rotatable bonds is 5. The number of nitrogen functional groups attached to an aromatic ring is 1. The van der Waals surface area contributed by atoms with E-state index in [9.17, 15) is 4.79 Å². The number of hydrogen-bond donors (Lipinski definition) is 2. The zero-order valence-corrected chi connectivity index (χ0v) is 14.8. The summed E-state index contributed by atoms with van der Waals surface area (Å²) < 4.78 is 1.50. The van der Waals surface area contributed by atoms with E-state index < -0.39 is 0 Å². The van der Waals surface area contributed by atoms with Crippen molar-refractivity contribution in [2.45, 2.75) is 51.2 Å². The molecule has 0 radical (unpaired) electrons. The lowest BCUT2D eigenvalue weighted by molar-refractivity contribution is 0.147. The molecule has 1 fully saturated rings. The molecule has 0 unspecified atom stereocenters. The molecular formula is C19H27N5O. The summed E-state index contributed by atoms with van der Waals surface area (Å²) in [6, 6.07) is 10.6. The second kappa shape index (κ2) is 7.80. The molecule has 3 rings (SSSR count). The SMILES string of the molecule is CCN(Cc1ccc(-n2ccc(N)nc2=O)cc1)[C@H]1CCC[C@@H](N)C1. The molecule has 25 heavy (non-hydrogen) atoms. The number of nitrogens with zero attached hydrogens (tertiary/aromatic N) is 3. The molecule has 1 saturated carbocycles. The van der Waals surface area contributed by atoms with Crippen LogP contribution in [-0.4, -0.2) is 33.1 Å². The number of benzene rings is 1. The molecule has 0 spiro atoms.